The molecule has 2 aliphatic heterocycles. The number of Topliss-reactive ketones (excluding diaryl/α,β-unsaturated/α-hetero) is 2. The van der Waals surface area contributed by atoms with E-state index in [0.717, 1.165) is 63.7 Å². The molecule has 0 saturated carbocycles. The first kappa shape index (κ1) is 65.4. The summed E-state index contributed by atoms with van der Waals surface area (Å²) in [7, 11) is 0. The van der Waals surface area contributed by atoms with E-state index in [4.69, 9.17) is 9.31 Å². The number of benzene rings is 4. The van der Waals surface area contributed by atoms with Crippen LogP contribution in [-0.2, 0) is 28.5 Å². The summed E-state index contributed by atoms with van der Waals surface area (Å²) < 4.78 is 14.8. The average molecular weight is 1130 g/mol. The molecule has 2 saturated heterocycles. The zero-order chi connectivity index (χ0) is 59.4. The van der Waals surface area contributed by atoms with Crippen LogP contribution < -0.4 is 24.2 Å². The van der Waals surface area contributed by atoms with E-state index in [1.807, 2.05) is 0 Å². The standard InChI is InChI=1S/C62H92N6.C8H8BO6/c1-9-17-45-63(46-18-10-2)53-25-33-57(34-26-53)67(58-35-27-54(28-36-58)64(47-19-11-3)48-20-12-4)61-41-43-62(44-42-61)68(59-37-29-55(30-38-59)65(49-21-13-5)50-22-14-6)60-39-31-56(32-40-60)66(51-23-15-7)52-24-16-8;10-5-1-6(11)4-9(3-5)14-7(12)2-8(13)15-9/h25-44H,9-24,45-52H2,1-8H3;1-4H2/q+2;-1. The van der Waals surface area contributed by atoms with Gasteiger partial charge in [0.1, 0.15) is 31.1 Å². The molecule has 4 aromatic carbocycles. The third-order valence-corrected chi connectivity index (χ3v) is 16.0. The molecule has 0 N–H and O–H groups in total. The first-order chi connectivity index (χ1) is 40.4. The first-order valence-electron chi connectivity index (χ1n) is 32.2. The Hall–Kier alpha value is -6.76. The molecule has 2 fully saturated rings. The van der Waals surface area contributed by atoms with Crippen LogP contribution in [0, 0.1) is 0 Å². The molecule has 1 aliphatic carbocycles. The van der Waals surface area contributed by atoms with Crippen molar-refractivity contribution in [2.75, 3.05) is 72.0 Å². The van der Waals surface area contributed by atoms with Crippen molar-refractivity contribution in [3.63, 3.8) is 0 Å². The number of anilines is 6. The van der Waals surface area contributed by atoms with Gasteiger partial charge in [-0.2, -0.15) is 4.58 Å². The van der Waals surface area contributed by atoms with Crippen molar-refractivity contribution >= 4 is 87.0 Å². The van der Waals surface area contributed by atoms with Crippen LogP contribution in [0.3, 0.4) is 0 Å². The van der Waals surface area contributed by atoms with Gasteiger partial charge in [-0.25, -0.2) is 4.58 Å². The fraction of sp³-hybridized carbons (Fsp3) is 0.514. The number of carbonyl (C=O) groups excluding carboxylic acids is 4. The van der Waals surface area contributed by atoms with E-state index in [9.17, 15) is 19.2 Å². The predicted octanol–water partition coefficient (Wildman–Crippen LogP) is 16.3. The minimum atomic E-state index is -2.36. The summed E-state index contributed by atoms with van der Waals surface area (Å²) in [5, 5.41) is 0. The number of ketones is 2. The van der Waals surface area contributed by atoms with Crippen LogP contribution in [0.1, 0.15) is 171 Å². The molecule has 0 bridgehead atoms. The molecule has 1 spiro atoms. The number of allylic oxidation sites excluding steroid dienone is 4. The molecular weight excluding hydrogens is 1030 g/mol. The molecule has 0 aromatic heterocycles. The van der Waals surface area contributed by atoms with Crippen LogP contribution in [0.25, 0.3) is 0 Å². The lowest BCUT2D eigenvalue weighted by molar-refractivity contribution is -0.527. The quantitative estimate of drug-likeness (QED) is 0.0203. The maximum absolute atomic E-state index is 11.2. The number of rotatable bonds is 32. The van der Waals surface area contributed by atoms with E-state index in [1.165, 1.54) is 148 Å². The van der Waals surface area contributed by atoms with Gasteiger partial charge in [0.2, 0.25) is 17.1 Å². The lowest BCUT2D eigenvalue weighted by Gasteiger charge is -2.44. The third kappa shape index (κ3) is 19.7. The van der Waals surface area contributed by atoms with Crippen LogP contribution >= 0.6 is 0 Å². The smallest absolute Gasteiger partial charge is 0.364 e. The summed E-state index contributed by atoms with van der Waals surface area (Å²) in [6, 6.07) is 37.4. The number of carbonyl (C=O) groups is 4. The normalized spacial score (nSPS) is 14.5. The Balaban J connectivity index is 0.000000633. The first-order valence-corrected chi connectivity index (χ1v) is 32.2. The molecule has 0 amide bonds. The minimum absolute atomic E-state index is 0.163. The van der Waals surface area contributed by atoms with Gasteiger partial charge in [-0.15, -0.1) is 0 Å². The van der Waals surface area contributed by atoms with Crippen LogP contribution in [0.2, 0.25) is 12.6 Å². The van der Waals surface area contributed by atoms with E-state index in [0.29, 0.717) is 0 Å². The molecule has 2 heterocycles. The zero-order valence-electron chi connectivity index (χ0n) is 52.1. The SMILES string of the molecule is CCCCN(CCCC)c1ccc(N(c2ccc(N(CCCC)CCCC)cc2)c2ccc([N+](=C3C=CC(=[N+](CCCC)CCCC)C=C3)c3ccc(N(CCCC)CCCC)cc3)cc2)cc1.O=C1CC(=O)C[B-]2(C1)OC(=O)CC(=O)O2. The van der Waals surface area contributed by atoms with Crippen molar-refractivity contribution in [1.29, 1.82) is 0 Å². The Morgan fingerprint density at radius 1 is 0.373 bits per heavy atom. The predicted molar refractivity (Wildman–Crippen MR) is 350 cm³/mol. The molecule has 0 atom stereocenters. The summed E-state index contributed by atoms with van der Waals surface area (Å²) in [4.78, 5) is 54.6. The van der Waals surface area contributed by atoms with E-state index >= 15 is 0 Å². The maximum Gasteiger partial charge on any atom is 0.364 e. The summed E-state index contributed by atoms with van der Waals surface area (Å²) in [6.07, 6.45) is 27.7. The number of nitrogens with zero attached hydrogens (tertiary/aromatic N) is 6. The van der Waals surface area contributed by atoms with Gasteiger partial charge < -0.3 is 38.5 Å². The second-order valence-electron chi connectivity index (χ2n) is 22.9. The number of unbranched alkanes of at least 4 members (excludes halogenated alkanes) is 8. The van der Waals surface area contributed by atoms with Gasteiger partial charge in [-0.1, -0.05) is 107 Å². The molecule has 13 heteroatoms. The van der Waals surface area contributed by atoms with Gasteiger partial charge >= 0.3 is 6.55 Å². The van der Waals surface area contributed by atoms with Crippen molar-refractivity contribution in [2.45, 2.75) is 184 Å². The van der Waals surface area contributed by atoms with Gasteiger partial charge in [-0.05, 0) is 124 Å². The van der Waals surface area contributed by atoms with E-state index < -0.39 is 24.9 Å². The molecule has 7 rings (SSSR count). The van der Waals surface area contributed by atoms with Gasteiger partial charge in [0, 0.05) is 135 Å². The molecule has 0 radical (unpaired) electrons. The molecule has 12 nitrogen and oxygen atoms in total. The second kappa shape index (κ2) is 34.8. The van der Waals surface area contributed by atoms with Crippen LogP contribution in [0.5, 0.6) is 0 Å². The summed E-state index contributed by atoms with van der Waals surface area (Å²) >= 11 is 0. The lowest BCUT2D eigenvalue weighted by atomic mass is 9.46. The van der Waals surface area contributed by atoms with E-state index in [2.05, 4.69) is 206 Å². The number of hydrogen-bond donors (Lipinski definition) is 0. The summed E-state index contributed by atoms with van der Waals surface area (Å²) in [5.74, 6) is -2.16. The highest BCUT2D eigenvalue weighted by Crippen LogP contribution is 2.38. The largest absolute Gasteiger partial charge is 0.655 e. The van der Waals surface area contributed by atoms with E-state index in [-0.39, 0.29) is 30.6 Å². The average Bonchev–Trinajstić information content (AvgIpc) is 3.68. The monoisotopic (exact) mass is 1130 g/mol. The fourth-order valence-electron chi connectivity index (χ4n) is 11.2. The molecule has 448 valence electrons. The molecule has 4 aromatic rings. The van der Waals surface area contributed by atoms with Crippen molar-refractivity contribution in [3.05, 3.63) is 121 Å². The third-order valence-electron chi connectivity index (χ3n) is 16.0. The van der Waals surface area contributed by atoms with Crippen molar-refractivity contribution in [1.82, 2.24) is 4.58 Å². The summed E-state index contributed by atoms with van der Waals surface area (Å²) in [5.41, 5.74) is 12.2. The van der Waals surface area contributed by atoms with Gasteiger partial charge in [-0.3, -0.25) is 9.59 Å². The fourth-order valence-corrected chi connectivity index (χ4v) is 11.2. The molecule has 83 heavy (non-hydrogen) atoms. The topological polar surface area (TPSA) is 106 Å². The highest BCUT2D eigenvalue weighted by Gasteiger charge is 2.45. The molecule has 0 unspecified atom stereocenters. The van der Waals surface area contributed by atoms with Gasteiger partial charge in [0.25, 0.3) is 11.9 Å². The van der Waals surface area contributed by atoms with E-state index in [1.54, 1.807) is 0 Å². The summed E-state index contributed by atoms with van der Waals surface area (Å²) in [6.45, 7) is 24.8. The Kier molecular flexibility index (Phi) is 27.4. The molecular formula is C70H100BN6O6+. The maximum atomic E-state index is 11.2. The Labute approximate surface area is 499 Å². The van der Waals surface area contributed by atoms with Gasteiger partial charge in [0.15, 0.2) is 5.71 Å². The van der Waals surface area contributed by atoms with Gasteiger partial charge in [0.05, 0.1) is 6.42 Å². The second-order valence-corrected chi connectivity index (χ2v) is 22.9. The zero-order valence-corrected chi connectivity index (χ0v) is 52.1. The van der Waals surface area contributed by atoms with Crippen LogP contribution in [0.4, 0.5) is 45.5 Å². The minimum Gasteiger partial charge on any atom is -0.655 e. The highest BCUT2D eigenvalue weighted by atomic mass is 16.7. The number of hydrogen-bond acceptors (Lipinski definition) is 10. The Morgan fingerprint density at radius 2 is 0.663 bits per heavy atom. The lowest BCUT2D eigenvalue weighted by Crippen LogP contribution is -2.54. The highest BCUT2D eigenvalue weighted by molar-refractivity contribution is 6.78. The van der Waals surface area contributed by atoms with Crippen molar-refractivity contribution < 1.29 is 33.1 Å². The van der Waals surface area contributed by atoms with Crippen LogP contribution in [-0.4, -0.2) is 98.4 Å². The Bertz CT molecular complexity index is 2600. The Morgan fingerprint density at radius 3 is 0.988 bits per heavy atom. The van der Waals surface area contributed by atoms with Crippen molar-refractivity contribution in [2.24, 2.45) is 0 Å². The van der Waals surface area contributed by atoms with Crippen molar-refractivity contribution in [3.8, 4) is 0 Å². The molecule has 3 aliphatic rings. The van der Waals surface area contributed by atoms with Crippen LogP contribution in [0.15, 0.2) is 121 Å².